The minimum absolute atomic E-state index is 0.268. The van der Waals surface area contributed by atoms with E-state index in [1.54, 1.807) is 6.33 Å². The van der Waals surface area contributed by atoms with E-state index in [-0.39, 0.29) is 5.41 Å². The predicted octanol–water partition coefficient (Wildman–Crippen LogP) is 3.34. The summed E-state index contributed by atoms with van der Waals surface area (Å²) in [4.78, 5) is 9.92. The molecule has 4 rings (SSSR count). The van der Waals surface area contributed by atoms with Gasteiger partial charge >= 0.3 is 0 Å². The third-order valence-corrected chi connectivity index (χ3v) is 4.40. The van der Waals surface area contributed by atoms with Gasteiger partial charge in [0.2, 0.25) is 0 Å². The van der Waals surface area contributed by atoms with Gasteiger partial charge in [-0.1, -0.05) is 26.0 Å². The highest BCUT2D eigenvalue weighted by molar-refractivity contribution is 5.72. The molecule has 98 valence electrons. The molecule has 0 atom stereocenters. The standard InChI is InChI=1S/C16H19N3/c1-16(2)9-19(12-4-5-12)15-7-11(3-6-13(15)16)14-8-17-10-18-14/h3,6-8,10,12H,4-5,9H2,1-2H3,(H,17,18). The zero-order valence-corrected chi connectivity index (χ0v) is 11.5. The second-order valence-corrected chi connectivity index (χ2v) is 6.44. The van der Waals surface area contributed by atoms with Crippen LogP contribution in [0.2, 0.25) is 0 Å². The normalized spacial score (nSPS) is 20.6. The fourth-order valence-electron chi connectivity index (χ4n) is 3.23. The molecule has 3 nitrogen and oxygen atoms in total. The van der Waals surface area contributed by atoms with E-state index < -0.39 is 0 Å². The van der Waals surface area contributed by atoms with E-state index >= 15 is 0 Å². The molecule has 3 heteroatoms. The van der Waals surface area contributed by atoms with Crippen molar-refractivity contribution in [2.24, 2.45) is 0 Å². The molecule has 1 aliphatic heterocycles. The summed E-state index contributed by atoms with van der Waals surface area (Å²) in [5.41, 5.74) is 5.52. The number of nitrogens with one attached hydrogen (secondary N) is 1. The molecule has 1 N–H and O–H groups in total. The Morgan fingerprint density at radius 3 is 2.84 bits per heavy atom. The molecule has 2 heterocycles. The maximum absolute atomic E-state index is 4.12. The maximum atomic E-state index is 4.12. The summed E-state index contributed by atoms with van der Waals surface area (Å²) in [5, 5.41) is 0. The van der Waals surface area contributed by atoms with Gasteiger partial charge in [0.1, 0.15) is 0 Å². The molecule has 2 aliphatic rings. The van der Waals surface area contributed by atoms with E-state index in [1.807, 2.05) is 6.20 Å². The highest BCUT2D eigenvalue weighted by Crippen LogP contribution is 2.46. The lowest BCUT2D eigenvalue weighted by atomic mass is 9.86. The number of fused-ring (bicyclic) bond motifs is 1. The molecule has 1 aromatic heterocycles. The highest BCUT2D eigenvalue weighted by Gasteiger charge is 2.41. The second-order valence-electron chi connectivity index (χ2n) is 6.44. The lowest BCUT2D eigenvalue weighted by Crippen LogP contribution is -2.30. The van der Waals surface area contributed by atoms with Crippen LogP contribution >= 0.6 is 0 Å². The highest BCUT2D eigenvalue weighted by atomic mass is 15.2. The van der Waals surface area contributed by atoms with E-state index in [0.717, 1.165) is 18.3 Å². The van der Waals surface area contributed by atoms with Gasteiger partial charge in [0.15, 0.2) is 0 Å². The van der Waals surface area contributed by atoms with E-state index in [1.165, 1.54) is 29.7 Å². The molecule has 0 radical (unpaired) electrons. The van der Waals surface area contributed by atoms with Gasteiger partial charge in [0.05, 0.1) is 18.2 Å². The summed E-state index contributed by atoms with van der Waals surface area (Å²) in [6, 6.07) is 7.62. The number of imidazole rings is 1. The number of hydrogen-bond donors (Lipinski definition) is 1. The smallest absolute Gasteiger partial charge is 0.0924 e. The number of anilines is 1. The number of hydrogen-bond acceptors (Lipinski definition) is 2. The van der Waals surface area contributed by atoms with Crippen LogP contribution in [0.1, 0.15) is 32.3 Å². The van der Waals surface area contributed by atoms with E-state index in [2.05, 4.69) is 46.9 Å². The lowest BCUT2D eigenvalue weighted by Gasteiger charge is -2.22. The van der Waals surface area contributed by atoms with Crippen LogP contribution in [-0.2, 0) is 5.41 Å². The average molecular weight is 253 g/mol. The molecule has 0 spiro atoms. The number of aromatic nitrogens is 2. The topological polar surface area (TPSA) is 31.9 Å². The molecule has 1 aliphatic carbocycles. The van der Waals surface area contributed by atoms with Crippen LogP contribution in [0.3, 0.4) is 0 Å². The van der Waals surface area contributed by atoms with Crippen LogP contribution in [0.5, 0.6) is 0 Å². The van der Waals surface area contributed by atoms with Crippen molar-refractivity contribution in [3.8, 4) is 11.3 Å². The minimum atomic E-state index is 0.268. The van der Waals surface area contributed by atoms with Crippen molar-refractivity contribution in [3.63, 3.8) is 0 Å². The Morgan fingerprint density at radius 2 is 2.16 bits per heavy atom. The minimum Gasteiger partial charge on any atom is -0.367 e. The first kappa shape index (κ1) is 11.1. The van der Waals surface area contributed by atoms with E-state index in [4.69, 9.17) is 0 Å². The summed E-state index contributed by atoms with van der Waals surface area (Å²) < 4.78 is 0. The fraction of sp³-hybridized carbons (Fsp3) is 0.438. The second kappa shape index (κ2) is 3.62. The van der Waals surface area contributed by atoms with Gasteiger partial charge in [-0.3, -0.25) is 0 Å². The van der Waals surface area contributed by atoms with Crippen LogP contribution in [-0.4, -0.2) is 22.6 Å². The number of aromatic amines is 1. The molecular formula is C16H19N3. The molecule has 1 fully saturated rings. The Hall–Kier alpha value is -1.77. The number of H-pyrrole nitrogens is 1. The Morgan fingerprint density at radius 1 is 1.32 bits per heavy atom. The van der Waals surface area contributed by atoms with E-state index in [9.17, 15) is 0 Å². The van der Waals surface area contributed by atoms with Crippen LogP contribution in [0.25, 0.3) is 11.3 Å². The quantitative estimate of drug-likeness (QED) is 0.890. The SMILES string of the molecule is CC1(C)CN(C2CC2)c2cc(-c3cnc[nH]3)ccc21. The Balaban J connectivity index is 1.83. The van der Waals surface area contributed by atoms with Gasteiger partial charge in [-0.25, -0.2) is 4.98 Å². The van der Waals surface area contributed by atoms with Crippen molar-refractivity contribution in [1.29, 1.82) is 0 Å². The Labute approximate surface area is 113 Å². The van der Waals surface area contributed by atoms with Crippen molar-refractivity contribution in [2.45, 2.75) is 38.1 Å². The van der Waals surface area contributed by atoms with Crippen molar-refractivity contribution < 1.29 is 0 Å². The van der Waals surface area contributed by atoms with Crippen LogP contribution in [0.15, 0.2) is 30.7 Å². The van der Waals surface area contributed by atoms with Crippen molar-refractivity contribution in [1.82, 2.24) is 9.97 Å². The largest absolute Gasteiger partial charge is 0.367 e. The van der Waals surface area contributed by atoms with E-state index in [0.29, 0.717) is 0 Å². The lowest BCUT2D eigenvalue weighted by molar-refractivity contribution is 0.549. The molecule has 0 amide bonds. The number of benzene rings is 1. The summed E-state index contributed by atoms with van der Waals surface area (Å²) >= 11 is 0. The molecule has 0 unspecified atom stereocenters. The molecule has 0 bridgehead atoms. The molecule has 1 aromatic carbocycles. The maximum Gasteiger partial charge on any atom is 0.0924 e. The monoisotopic (exact) mass is 253 g/mol. The van der Waals surface area contributed by atoms with Gasteiger partial charge in [-0.2, -0.15) is 0 Å². The van der Waals surface area contributed by atoms with Crippen molar-refractivity contribution in [3.05, 3.63) is 36.3 Å². The number of nitrogens with zero attached hydrogens (tertiary/aromatic N) is 2. The first-order valence-electron chi connectivity index (χ1n) is 7.05. The van der Waals surface area contributed by atoms with Gasteiger partial charge in [-0.15, -0.1) is 0 Å². The zero-order valence-electron chi connectivity index (χ0n) is 11.5. The predicted molar refractivity (Wildman–Crippen MR) is 77.4 cm³/mol. The summed E-state index contributed by atoms with van der Waals surface area (Å²) in [5.74, 6) is 0. The van der Waals surface area contributed by atoms with Crippen LogP contribution < -0.4 is 4.90 Å². The van der Waals surface area contributed by atoms with Gasteiger partial charge in [0, 0.05) is 29.3 Å². The molecule has 19 heavy (non-hydrogen) atoms. The average Bonchev–Trinajstić information content (AvgIpc) is 3.01. The van der Waals surface area contributed by atoms with Gasteiger partial charge in [0.25, 0.3) is 0 Å². The van der Waals surface area contributed by atoms with Gasteiger partial charge in [-0.05, 0) is 24.5 Å². The first-order valence-corrected chi connectivity index (χ1v) is 7.05. The third kappa shape index (κ3) is 1.68. The number of rotatable bonds is 2. The summed E-state index contributed by atoms with van der Waals surface area (Å²) in [6.45, 7) is 5.85. The molecular weight excluding hydrogens is 234 g/mol. The molecule has 0 saturated heterocycles. The van der Waals surface area contributed by atoms with Crippen molar-refractivity contribution in [2.75, 3.05) is 11.4 Å². The fourth-order valence-corrected chi connectivity index (χ4v) is 3.23. The Kier molecular flexibility index (Phi) is 2.12. The van der Waals surface area contributed by atoms with Crippen LogP contribution in [0.4, 0.5) is 5.69 Å². The zero-order chi connectivity index (χ0) is 13.0. The third-order valence-electron chi connectivity index (χ3n) is 4.40. The first-order chi connectivity index (χ1) is 9.15. The van der Waals surface area contributed by atoms with Crippen LogP contribution in [0, 0.1) is 0 Å². The summed E-state index contributed by atoms with van der Waals surface area (Å²) in [7, 11) is 0. The van der Waals surface area contributed by atoms with Crippen molar-refractivity contribution >= 4 is 5.69 Å². The molecule has 2 aromatic rings. The summed E-state index contributed by atoms with van der Waals surface area (Å²) in [6.07, 6.45) is 6.34. The van der Waals surface area contributed by atoms with Gasteiger partial charge < -0.3 is 9.88 Å². The Bertz CT molecular complexity index is 609. The molecule has 1 saturated carbocycles.